The number of nitrogens with zero attached hydrogens (tertiary/aromatic N) is 3. The van der Waals surface area contributed by atoms with Crippen molar-refractivity contribution in [3.63, 3.8) is 0 Å². The van der Waals surface area contributed by atoms with E-state index in [9.17, 15) is 8.42 Å². The Hall–Kier alpha value is -1.64. The Morgan fingerprint density at radius 2 is 2.24 bits per heavy atom. The van der Waals surface area contributed by atoms with Gasteiger partial charge in [0.05, 0.1) is 11.2 Å². The maximum atomic E-state index is 12.2. The van der Waals surface area contributed by atoms with E-state index in [0.29, 0.717) is 6.54 Å². The SMILES string of the molecule is CNCCCn1cc(S(=O)(=O)Nc2ncccc2Cl)cn1. The summed E-state index contributed by atoms with van der Waals surface area (Å²) in [4.78, 5) is 3.98. The quantitative estimate of drug-likeness (QED) is 0.748. The first-order chi connectivity index (χ1) is 10.0. The number of halogens is 1. The summed E-state index contributed by atoms with van der Waals surface area (Å²) in [5.41, 5.74) is 0. The lowest BCUT2D eigenvalue weighted by Crippen LogP contribution is -2.14. The smallest absolute Gasteiger partial charge is 0.266 e. The highest BCUT2D eigenvalue weighted by Crippen LogP contribution is 2.21. The third kappa shape index (κ3) is 4.16. The van der Waals surface area contributed by atoms with Crippen molar-refractivity contribution in [2.45, 2.75) is 17.9 Å². The van der Waals surface area contributed by atoms with Crippen LogP contribution in [0.3, 0.4) is 0 Å². The van der Waals surface area contributed by atoms with Gasteiger partial charge in [0.1, 0.15) is 4.90 Å². The molecule has 9 heteroatoms. The summed E-state index contributed by atoms with van der Waals surface area (Å²) in [6.45, 7) is 1.48. The molecule has 2 aromatic rings. The van der Waals surface area contributed by atoms with E-state index < -0.39 is 10.0 Å². The van der Waals surface area contributed by atoms with Gasteiger partial charge in [-0.15, -0.1) is 0 Å². The monoisotopic (exact) mass is 329 g/mol. The van der Waals surface area contributed by atoms with Crippen molar-refractivity contribution in [2.75, 3.05) is 18.3 Å². The van der Waals surface area contributed by atoms with Crippen LogP contribution in [-0.4, -0.2) is 36.8 Å². The first kappa shape index (κ1) is 15.7. The number of pyridine rings is 1. The van der Waals surface area contributed by atoms with Crippen molar-refractivity contribution in [2.24, 2.45) is 0 Å². The Labute approximate surface area is 128 Å². The molecule has 0 unspecified atom stereocenters. The predicted octanol–water partition coefficient (Wildman–Crippen LogP) is 1.34. The van der Waals surface area contributed by atoms with Gasteiger partial charge in [-0.2, -0.15) is 5.10 Å². The number of hydrogen-bond donors (Lipinski definition) is 2. The molecule has 2 rings (SSSR count). The summed E-state index contributed by atoms with van der Waals surface area (Å²) < 4.78 is 28.4. The minimum atomic E-state index is -3.74. The van der Waals surface area contributed by atoms with Crippen LogP contribution in [0.15, 0.2) is 35.6 Å². The highest BCUT2D eigenvalue weighted by Gasteiger charge is 2.18. The van der Waals surface area contributed by atoms with E-state index in [1.54, 1.807) is 16.8 Å². The highest BCUT2D eigenvalue weighted by molar-refractivity contribution is 7.92. The Balaban J connectivity index is 2.11. The van der Waals surface area contributed by atoms with Crippen LogP contribution in [-0.2, 0) is 16.6 Å². The fourth-order valence-electron chi connectivity index (χ4n) is 1.67. The average Bonchev–Trinajstić information content (AvgIpc) is 2.91. The fraction of sp³-hybridized carbons (Fsp3) is 0.333. The van der Waals surface area contributed by atoms with Crippen molar-refractivity contribution in [1.29, 1.82) is 0 Å². The van der Waals surface area contributed by atoms with Gasteiger partial charge in [0.15, 0.2) is 5.82 Å². The summed E-state index contributed by atoms with van der Waals surface area (Å²) in [6.07, 6.45) is 5.11. The molecule has 114 valence electrons. The lowest BCUT2D eigenvalue weighted by Gasteiger charge is -2.06. The van der Waals surface area contributed by atoms with Crippen LogP contribution in [0.2, 0.25) is 5.02 Å². The van der Waals surface area contributed by atoms with Gasteiger partial charge in [-0.3, -0.25) is 9.40 Å². The normalized spacial score (nSPS) is 11.5. The van der Waals surface area contributed by atoms with Gasteiger partial charge in [0, 0.05) is 18.9 Å². The van der Waals surface area contributed by atoms with E-state index in [1.807, 2.05) is 7.05 Å². The molecule has 0 bridgehead atoms. The second kappa shape index (κ2) is 6.88. The molecule has 2 aromatic heterocycles. The third-order valence-electron chi connectivity index (χ3n) is 2.72. The van der Waals surface area contributed by atoms with E-state index in [2.05, 4.69) is 20.1 Å². The predicted molar refractivity (Wildman–Crippen MR) is 80.8 cm³/mol. The molecule has 0 radical (unpaired) electrons. The van der Waals surface area contributed by atoms with Crippen molar-refractivity contribution < 1.29 is 8.42 Å². The topological polar surface area (TPSA) is 88.9 Å². The van der Waals surface area contributed by atoms with E-state index in [4.69, 9.17) is 11.6 Å². The highest BCUT2D eigenvalue weighted by atomic mass is 35.5. The first-order valence-corrected chi connectivity index (χ1v) is 8.19. The molecule has 0 aliphatic rings. The summed E-state index contributed by atoms with van der Waals surface area (Å²) in [7, 11) is -1.88. The minimum absolute atomic E-state index is 0.0775. The molecule has 0 aliphatic heterocycles. The Morgan fingerprint density at radius 3 is 2.95 bits per heavy atom. The molecule has 0 aromatic carbocycles. The van der Waals surface area contributed by atoms with Crippen molar-refractivity contribution in [3.05, 3.63) is 35.7 Å². The molecular formula is C12H16ClN5O2S. The molecular weight excluding hydrogens is 314 g/mol. The largest absolute Gasteiger partial charge is 0.320 e. The molecule has 0 aliphatic carbocycles. The third-order valence-corrected chi connectivity index (χ3v) is 4.32. The van der Waals surface area contributed by atoms with Crippen LogP contribution < -0.4 is 10.0 Å². The molecule has 7 nitrogen and oxygen atoms in total. The van der Waals surface area contributed by atoms with Gasteiger partial charge < -0.3 is 5.32 Å². The molecule has 0 spiro atoms. The molecule has 2 heterocycles. The molecule has 0 saturated carbocycles. The molecule has 0 fully saturated rings. The lowest BCUT2D eigenvalue weighted by molar-refractivity contribution is 0.561. The average molecular weight is 330 g/mol. The van der Waals surface area contributed by atoms with Crippen molar-refractivity contribution >= 4 is 27.4 Å². The zero-order valence-electron chi connectivity index (χ0n) is 11.5. The number of hydrogen-bond acceptors (Lipinski definition) is 5. The second-order valence-corrected chi connectivity index (χ2v) is 6.43. The zero-order chi connectivity index (χ0) is 15.3. The van der Waals surface area contributed by atoms with Gasteiger partial charge in [-0.25, -0.2) is 13.4 Å². The van der Waals surface area contributed by atoms with Gasteiger partial charge in [-0.1, -0.05) is 11.6 Å². The fourth-order valence-corrected chi connectivity index (χ4v) is 2.88. The van der Waals surface area contributed by atoms with Crippen LogP contribution >= 0.6 is 11.6 Å². The lowest BCUT2D eigenvalue weighted by atomic mass is 10.4. The van der Waals surface area contributed by atoms with E-state index >= 15 is 0 Å². The minimum Gasteiger partial charge on any atom is -0.320 e. The van der Waals surface area contributed by atoms with E-state index in [0.717, 1.165) is 13.0 Å². The summed E-state index contributed by atoms with van der Waals surface area (Å²) in [6, 6.07) is 3.19. The number of aromatic nitrogens is 3. The van der Waals surface area contributed by atoms with E-state index in [-0.39, 0.29) is 15.7 Å². The van der Waals surface area contributed by atoms with Gasteiger partial charge in [0.25, 0.3) is 10.0 Å². The van der Waals surface area contributed by atoms with E-state index in [1.165, 1.54) is 18.6 Å². The molecule has 2 N–H and O–H groups in total. The number of rotatable bonds is 7. The Morgan fingerprint density at radius 1 is 1.43 bits per heavy atom. The number of anilines is 1. The van der Waals surface area contributed by atoms with Gasteiger partial charge >= 0.3 is 0 Å². The van der Waals surface area contributed by atoms with Crippen molar-refractivity contribution in [3.8, 4) is 0 Å². The van der Waals surface area contributed by atoms with Crippen LogP contribution in [0.5, 0.6) is 0 Å². The Bertz CT molecular complexity index is 701. The second-order valence-electron chi connectivity index (χ2n) is 4.34. The number of aryl methyl sites for hydroxylation is 1. The van der Waals surface area contributed by atoms with Crippen molar-refractivity contribution in [1.82, 2.24) is 20.1 Å². The van der Waals surface area contributed by atoms with Crippen LogP contribution in [0, 0.1) is 0 Å². The maximum absolute atomic E-state index is 12.2. The molecule has 21 heavy (non-hydrogen) atoms. The zero-order valence-corrected chi connectivity index (χ0v) is 13.0. The number of nitrogens with one attached hydrogen (secondary N) is 2. The van der Waals surface area contributed by atoms with Crippen LogP contribution in [0.1, 0.15) is 6.42 Å². The standard InChI is InChI=1S/C12H16ClN5O2S/c1-14-5-3-7-18-9-10(8-16-18)21(19,20)17-12-11(13)4-2-6-15-12/h2,4,6,8-9,14H,3,5,7H2,1H3,(H,15,17). The maximum Gasteiger partial charge on any atom is 0.266 e. The summed E-state index contributed by atoms with van der Waals surface area (Å²) >= 11 is 5.89. The first-order valence-electron chi connectivity index (χ1n) is 6.33. The summed E-state index contributed by atoms with van der Waals surface area (Å²) in [5.74, 6) is 0.0992. The molecule has 0 saturated heterocycles. The number of sulfonamides is 1. The van der Waals surface area contributed by atoms with Gasteiger partial charge in [-0.05, 0) is 32.1 Å². The van der Waals surface area contributed by atoms with Crippen LogP contribution in [0.25, 0.3) is 0 Å². The molecule has 0 amide bonds. The molecule has 0 atom stereocenters. The Kier molecular flexibility index (Phi) is 5.16. The summed E-state index contributed by atoms with van der Waals surface area (Å²) in [5, 5.41) is 7.29. The van der Waals surface area contributed by atoms with Crippen LogP contribution in [0.4, 0.5) is 5.82 Å². The van der Waals surface area contributed by atoms with Gasteiger partial charge in [0.2, 0.25) is 0 Å².